The number of rotatable bonds is 4. The molecule has 0 radical (unpaired) electrons. The number of alkyl halides is 3. The van der Waals surface area contributed by atoms with Crippen LogP contribution in [-0.2, 0) is 14.8 Å². The van der Waals surface area contributed by atoms with Crippen LogP contribution >= 0.6 is 0 Å². The number of allylic oxidation sites excluding steroid dienone is 1. The van der Waals surface area contributed by atoms with Crippen molar-refractivity contribution in [3.63, 3.8) is 0 Å². The number of benzene rings is 2. The molecule has 9 heteroatoms. The van der Waals surface area contributed by atoms with Gasteiger partial charge in [-0.3, -0.25) is 9.10 Å². The standard InChI is InChI=1S/C19H17F3N2O3S/c20-19(21,22)17(14-5-2-1-3-6-14)13-18(25)23-15-7-9-16(10-8-15)24-11-4-12-28(24,26)27/h1-3,5-10,13H,4,11-12H2,(H,23,25)/b17-13+. The molecule has 1 aliphatic heterocycles. The van der Waals surface area contributed by atoms with Gasteiger partial charge in [-0.1, -0.05) is 30.3 Å². The number of carbonyl (C=O) groups excluding carboxylic acids is 1. The number of hydrogen-bond acceptors (Lipinski definition) is 3. The number of carbonyl (C=O) groups is 1. The van der Waals surface area contributed by atoms with E-state index in [4.69, 9.17) is 0 Å². The summed E-state index contributed by atoms with van der Waals surface area (Å²) in [7, 11) is -3.33. The van der Waals surface area contributed by atoms with E-state index in [9.17, 15) is 26.4 Å². The monoisotopic (exact) mass is 410 g/mol. The van der Waals surface area contributed by atoms with E-state index in [1.54, 1.807) is 6.07 Å². The second-order valence-corrected chi connectivity index (χ2v) is 8.21. The molecule has 2 aromatic rings. The van der Waals surface area contributed by atoms with E-state index < -0.39 is 27.7 Å². The van der Waals surface area contributed by atoms with Gasteiger partial charge in [0.05, 0.1) is 17.0 Å². The van der Waals surface area contributed by atoms with Gasteiger partial charge >= 0.3 is 6.18 Å². The van der Waals surface area contributed by atoms with Crippen LogP contribution in [0.4, 0.5) is 24.5 Å². The topological polar surface area (TPSA) is 66.5 Å². The molecule has 28 heavy (non-hydrogen) atoms. The van der Waals surface area contributed by atoms with Crippen LogP contribution in [0, 0.1) is 0 Å². The zero-order valence-electron chi connectivity index (χ0n) is 14.6. The first-order valence-corrected chi connectivity index (χ1v) is 10.0. The van der Waals surface area contributed by atoms with E-state index >= 15 is 0 Å². The summed E-state index contributed by atoms with van der Waals surface area (Å²) < 4.78 is 65.0. The normalized spacial score (nSPS) is 16.8. The molecule has 0 unspecified atom stereocenters. The van der Waals surface area contributed by atoms with Crippen LogP contribution in [0.3, 0.4) is 0 Å². The molecule has 1 saturated heterocycles. The second kappa shape index (κ2) is 7.67. The van der Waals surface area contributed by atoms with Crippen molar-refractivity contribution in [3.05, 3.63) is 66.2 Å². The molecule has 2 aromatic carbocycles. The van der Waals surface area contributed by atoms with Crippen molar-refractivity contribution in [2.24, 2.45) is 0 Å². The van der Waals surface area contributed by atoms with Crippen molar-refractivity contribution in [2.45, 2.75) is 12.6 Å². The molecule has 0 saturated carbocycles. The van der Waals surface area contributed by atoms with Gasteiger partial charge in [-0.05, 0) is 36.2 Å². The number of nitrogens with zero attached hydrogens (tertiary/aromatic N) is 1. The number of sulfonamides is 1. The lowest BCUT2D eigenvalue weighted by molar-refractivity contribution is -0.112. The second-order valence-electron chi connectivity index (χ2n) is 6.20. The van der Waals surface area contributed by atoms with Crippen LogP contribution in [0.25, 0.3) is 5.57 Å². The highest BCUT2D eigenvalue weighted by Gasteiger charge is 2.35. The summed E-state index contributed by atoms with van der Waals surface area (Å²) >= 11 is 0. The molecule has 5 nitrogen and oxygen atoms in total. The molecular weight excluding hydrogens is 393 g/mol. The molecular formula is C19H17F3N2O3S. The number of amides is 1. The Morgan fingerprint density at radius 1 is 1.04 bits per heavy atom. The van der Waals surface area contributed by atoms with Crippen LogP contribution in [0.15, 0.2) is 60.7 Å². The van der Waals surface area contributed by atoms with E-state index in [1.807, 2.05) is 0 Å². The average Bonchev–Trinajstić information content (AvgIpc) is 2.99. The van der Waals surface area contributed by atoms with Crippen molar-refractivity contribution < 1.29 is 26.4 Å². The maximum absolute atomic E-state index is 13.3. The van der Waals surface area contributed by atoms with Crippen molar-refractivity contribution >= 4 is 32.9 Å². The van der Waals surface area contributed by atoms with Gasteiger partial charge in [-0.25, -0.2) is 8.42 Å². The third-order valence-electron chi connectivity index (χ3n) is 4.19. The van der Waals surface area contributed by atoms with Crippen LogP contribution in [0.1, 0.15) is 12.0 Å². The lowest BCUT2D eigenvalue weighted by atomic mass is 10.1. The maximum Gasteiger partial charge on any atom is 0.417 e. The lowest BCUT2D eigenvalue weighted by Gasteiger charge is -2.17. The predicted octanol–water partition coefficient (Wildman–Crippen LogP) is 3.81. The third-order valence-corrected chi connectivity index (χ3v) is 6.06. The van der Waals surface area contributed by atoms with E-state index in [0.29, 0.717) is 24.7 Å². The Morgan fingerprint density at radius 3 is 2.21 bits per heavy atom. The first-order chi connectivity index (χ1) is 13.2. The largest absolute Gasteiger partial charge is 0.417 e. The van der Waals surface area contributed by atoms with Crippen molar-refractivity contribution in [1.29, 1.82) is 0 Å². The van der Waals surface area contributed by atoms with Gasteiger partial charge in [0.15, 0.2) is 0 Å². The fraction of sp³-hybridized carbons (Fsp3) is 0.211. The number of anilines is 2. The Labute approximate surface area is 160 Å². The minimum Gasteiger partial charge on any atom is -0.322 e. The van der Waals surface area contributed by atoms with E-state index in [-0.39, 0.29) is 17.0 Å². The molecule has 0 atom stereocenters. The molecule has 1 amide bonds. The maximum atomic E-state index is 13.3. The molecule has 1 aliphatic rings. The summed E-state index contributed by atoms with van der Waals surface area (Å²) in [6.45, 7) is 0.378. The molecule has 0 spiro atoms. The van der Waals surface area contributed by atoms with Gasteiger partial charge in [0, 0.05) is 18.3 Å². The van der Waals surface area contributed by atoms with Crippen molar-refractivity contribution in [1.82, 2.24) is 0 Å². The van der Waals surface area contributed by atoms with Crippen molar-refractivity contribution in [3.8, 4) is 0 Å². The summed E-state index contributed by atoms with van der Waals surface area (Å²) in [6.07, 6.45) is -3.65. The Bertz CT molecular complexity index is 985. The van der Waals surface area contributed by atoms with E-state index in [1.165, 1.54) is 52.8 Å². The van der Waals surface area contributed by atoms with Gasteiger partial charge in [0.25, 0.3) is 0 Å². The summed E-state index contributed by atoms with van der Waals surface area (Å²) in [6, 6.07) is 13.0. The van der Waals surface area contributed by atoms with Crippen LogP contribution in [0.2, 0.25) is 0 Å². The van der Waals surface area contributed by atoms with Crippen LogP contribution in [0.5, 0.6) is 0 Å². The molecule has 0 aromatic heterocycles. The fourth-order valence-electron chi connectivity index (χ4n) is 2.90. The van der Waals surface area contributed by atoms with Crippen LogP contribution < -0.4 is 9.62 Å². The highest BCUT2D eigenvalue weighted by Crippen LogP contribution is 2.33. The summed E-state index contributed by atoms with van der Waals surface area (Å²) in [5, 5.41) is 2.37. The average molecular weight is 410 g/mol. The van der Waals surface area contributed by atoms with E-state index in [0.717, 1.165) is 0 Å². The minimum atomic E-state index is -4.69. The zero-order valence-corrected chi connectivity index (χ0v) is 15.4. The molecule has 1 fully saturated rings. The van der Waals surface area contributed by atoms with Crippen LogP contribution in [-0.4, -0.2) is 32.8 Å². The molecule has 1 N–H and O–H groups in total. The Kier molecular flexibility index (Phi) is 5.46. The summed E-state index contributed by atoms with van der Waals surface area (Å²) in [4.78, 5) is 12.1. The number of halogens is 3. The Balaban J connectivity index is 1.77. The molecule has 1 heterocycles. The van der Waals surface area contributed by atoms with Gasteiger partial charge in [-0.2, -0.15) is 13.2 Å². The quantitative estimate of drug-likeness (QED) is 0.780. The Hall–Kier alpha value is -2.81. The molecule has 0 aliphatic carbocycles. The third kappa shape index (κ3) is 4.53. The van der Waals surface area contributed by atoms with Gasteiger partial charge < -0.3 is 5.32 Å². The number of hydrogen-bond donors (Lipinski definition) is 1. The smallest absolute Gasteiger partial charge is 0.322 e. The summed E-state index contributed by atoms with van der Waals surface area (Å²) in [5.41, 5.74) is -0.451. The highest BCUT2D eigenvalue weighted by molar-refractivity contribution is 7.93. The predicted molar refractivity (Wildman–Crippen MR) is 101 cm³/mol. The van der Waals surface area contributed by atoms with E-state index in [2.05, 4.69) is 5.32 Å². The van der Waals surface area contributed by atoms with Gasteiger partial charge in [0.2, 0.25) is 15.9 Å². The molecule has 0 bridgehead atoms. The number of nitrogens with one attached hydrogen (secondary N) is 1. The van der Waals surface area contributed by atoms with Gasteiger partial charge in [0.1, 0.15) is 0 Å². The zero-order chi connectivity index (χ0) is 20.4. The highest BCUT2D eigenvalue weighted by atomic mass is 32.2. The molecule has 148 valence electrons. The fourth-order valence-corrected chi connectivity index (χ4v) is 4.46. The Morgan fingerprint density at radius 2 is 1.68 bits per heavy atom. The molecule has 3 rings (SSSR count). The SMILES string of the molecule is O=C(/C=C(\c1ccccc1)C(F)(F)F)Nc1ccc(N2CCCS2(=O)=O)cc1. The minimum absolute atomic E-state index is 0.0794. The van der Waals surface area contributed by atoms with Gasteiger partial charge in [-0.15, -0.1) is 0 Å². The lowest BCUT2D eigenvalue weighted by Crippen LogP contribution is -2.24. The first-order valence-electron chi connectivity index (χ1n) is 8.42. The summed E-state index contributed by atoms with van der Waals surface area (Å²) in [5.74, 6) is -0.853. The van der Waals surface area contributed by atoms with Crippen molar-refractivity contribution in [2.75, 3.05) is 21.9 Å². The first kappa shape index (κ1) is 19.9.